The van der Waals surface area contributed by atoms with Crippen molar-refractivity contribution >= 4 is 28.6 Å². The number of benzene rings is 1. The van der Waals surface area contributed by atoms with E-state index < -0.39 is 12.1 Å². The van der Waals surface area contributed by atoms with E-state index in [1.54, 1.807) is 17.1 Å². The van der Waals surface area contributed by atoms with Crippen LogP contribution in [0, 0.1) is 6.92 Å². The number of rotatable bonds is 4. The highest BCUT2D eigenvalue weighted by Crippen LogP contribution is 2.26. The van der Waals surface area contributed by atoms with Crippen molar-refractivity contribution in [3.05, 3.63) is 45.0 Å². The first-order valence-electron chi connectivity index (χ1n) is 5.32. The fraction of sp³-hybridized carbons (Fsp3) is 0.308. The Kier molecular flexibility index (Phi) is 5.64. The van der Waals surface area contributed by atoms with Gasteiger partial charge in [-0.2, -0.15) is 0 Å². The smallest absolute Gasteiger partial charge is 0.337 e. The Morgan fingerprint density at radius 2 is 2.18 bits per heavy atom. The monoisotopic (exact) mass is 346 g/mol. The fourth-order valence-electron chi connectivity index (χ4n) is 1.49. The highest BCUT2D eigenvalue weighted by Gasteiger charge is 2.22. The molecule has 17 heavy (non-hydrogen) atoms. The molecule has 0 aliphatic carbocycles. The summed E-state index contributed by atoms with van der Waals surface area (Å²) in [4.78, 5) is 11.6. The van der Waals surface area contributed by atoms with Crippen LogP contribution in [0.5, 0.6) is 0 Å². The number of hydrogen-bond acceptors (Lipinski definition) is 3. The maximum Gasteiger partial charge on any atom is 0.337 e. The average molecular weight is 346 g/mol. The van der Waals surface area contributed by atoms with Crippen LogP contribution in [0.15, 0.2) is 33.9 Å². The molecule has 1 N–H and O–H groups in total. The topological polar surface area (TPSA) is 46.5 Å². The lowest BCUT2D eigenvalue weighted by Gasteiger charge is -2.15. The molecule has 4 heteroatoms. The lowest BCUT2D eigenvalue weighted by molar-refractivity contribution is -0.139. The number of carbonyl (C=O) groups excluding carboxylic acids is 1. The molecule has 1 atom stereocenters. The molecule has 1 unspecified atom stereocenters. The Hall–Kier alpha value is -0.880. The van der Waals surface area contributed by atoms with Gasteiger partial charge >= 0.3 is 5.97 Å². The predicted molar refractivity (Wildman–Crippen MR) is 74.9 cm³/mol. The fourth-order valence-corrected chi connectivity index (χ4v) is 2.09. The third-order valence-electron chi connectivity index (χ3n) is 2.41. The molecule has 1 aromatic rings. The van der Waals surface area contributed by atoms with Crippen molar-refractivity contribution in [2.24, 2.45) is 0 Å². The van der Waals surface area contributed by atoms with E-state index in [9.17, 15) is 9.90 Å². The number of halogens is 1. The van der Waals surface area contributed by atoms with E-state index in [1.165, 1.54) is 0 Å². The highest BCUT2D eigenvalue weighted by molar-refractivity contribution is 14.1. The molecular weight excluding hydrogens is 331 g/mol. The molecule has 0 aliphatic rings. The van der Waals surface area contributed by atoms with Crippen molar-refractivity contribution in [2.75, 3.05) is 6.61 Å². The minimum Gasteiger partial charge on any atom is -0.463 e. The molecular formula is C13H15IO3. The summed E-state index contributed by atoms with van der Waals surface area (Å²) in [7, 11) is 0. The molecule has 0 bridgehead atoms. The Bertz CT molecular complexity index is 426. The normalized spacial score (nSPS) is 13.3. The number of hydrogen-bond donors (Lipinski definition) is 1. The van der Waals surface area contributed by atoms with E-state index in [2.05, 4.69) is 0 Å². The van der Waals surface area contributed by atoms with Gasteiger partial charge in [0.25, 0.3) is 0 Å². The van der Waals surface area contributed by atoms with Crippen LogP contribution in [-0.4, -0.2) is 17.7 Å². The molecule has 0 saturated carbocycles. The maximum absolute atomic E-state index is 11.6. The summed E-state index contributed by atoms with van der Waals surface area (Å²) >= 11 is 1.94. The van der Waals surface area contributed by atoms with Crippen molar-refractivity contribution in [2.45, 2.75) is 20.0 Å². The van der Waals surface area contributed by atoms with E-state index in [-0.39, 0.29) is 5.57 Å². The van der Waals surface area contributed by atoms with Crippen molar-refractivity contribution < 1.29 is 14.6 Å². The number of carbonyl (C=O) groups is 1. The number of ether oxygens (including phenoxy) is 1. The molecule has 0 aliphatic heterocycles. The van der Waals surface area contributed by atoms with Gasteiger partial charge in [-0.25, -0.2) is 4.79 Å². The Morgan fingerprint density at radius 1 is 1.53 bits per heavy atom. The summed E-state index contributed by atoms with van der Waals surface area (Å²) in [6, 6.07) is 7.43. The van der Waals surface area contributed by atoms with Crippen LogP contribution in [0.3, 0.4) is 0 Å². The zero-order valence-corrected chi connectivity index (χ0v) is 12.0. The molecule has 0 spiro atoms. The summed E-state index contributed by atoms with van der Waals surface area (Å²) < 4.78 is 6.47. The predicted octanol–water partition coefficient (Wildman–Crippen LogP) is 2.91. The van der Waals surface area contributed by atoms with Crippen molar-refractivity contribution in [3.8, 4) is 0 Å². The summed E-state index contributed by atoms with van der Waals surface area (Å²) in [5.41, 5.74) is 1.94. The quantitative estimate of drug-likeness (QED) is 0.518. The molecule has 0 amide bonds. The van der Waals surface area contributed by atoms with Gasteiger partial charge in [0.2, 0.25) is 0 Å². The van der Waals surface area contributed by atoms with Crippen LogP contribution < -0.4 is 0 Å². The van der Waals surface area contributed by atoms with E-state index in [0.717, 1.165) is 11.1 Å². The van der Waals surface area contributed by atoms with Crippen LogP contribution in [-0.2, 0) is 9.53 Å². The van der Waals surface area contributed by atoms with E-state index in [0.29, 0.717) is 6.61 Å². The summed E-state index contributed by atoms with van der Waals surface area (Å²) in [5, 5.41) is 10.2. The molecule has 0 aromatic heterocycles. The Labute approximate surface area is 115 Å². The molecule has 0 saturated heterocycles. The molecule has 3 nitrogen and oxygen atoms in total. The van der Waals surface area contributed by atoms with Crippen LogP contribution in [0.2, 0.25) is 0 Å². The van der Waals surface area contributed by atoms with Gasteiger partial charge in [-0.3, -0.25) is 0 Å². The van der Waals surface area contributed by atoms with Gasteiger partial charge in [-0.05, 0) is 29.1 Å². The van der Waals surface area contributed by atoms with Crippen molar-refractivity contribution in [1.29, 1.82) is 0 Å². The SMILES string of the molecule is CCOC(=O)C(=CI)C(O)c1ccccc1C. The first kappa shape index (κ1) is 14.2. The van der Waals surface area contributed by atoms with Crippen LogP contribution in [0.25, 0.3) is 0 Å². The summed E-state index contributed by atoms with van der Waals surface area (Å²) in [6.07, 6.45) is -0.938. The lowest BCUT2D eigenvalue weighted by atomic mass is 9.98. The highest BCUT2D eigenvalue weighted by atomic mass is 127. The third kappa shape index (κ3) is 3.54. The molecule has 0 fully saturated rings. The van der Waals surface area contributed by atoms with Gasteiger partial charge in [0.1, 0.15) is 6.10 Å². The lowest BCUT2D eigenvalue weighted by Crippen LogP contribution is -2.15. The van der Waals surface area contributed by atoms with Gasteiger partial charge in [0.05, 0.1) is 12.2 Å². The molecule has 0 radical (unpaired) electrons. The minimum atomic E-state index is -0.938. The van der Waals surface area contributed by atoms with Crippen LogP contribution >= 0.6 is 22.6 Å². The third-order valence-corrected chi connectivity index (χ3v) is 3.08. The summed E-state index contributed by atoms with van der Waals surface area (Å²) in [5.74, 6) is -0.474. The minimum absolute atomic E-state index is 0.266. The van der Waals surface area contributed by atoms with Crippen LogP contribution in [0.4, 0.5) is 0 Å². The Balaban J connectivity index is 2.99. The van der Waals surface area contributed by atoms with Gasteiger partial charge < -0.3 is 9.84 Å². The standard InChI is InChI=1S/C13H15IO3/c1-3-17-13(16)11(8-14)12(15)10-7-5-4-6-9(10)2/h4-8,12,15H,3H2,1-2H3. The summed E-state index contributed by atoms with van der Waals surface area (Å²) in [6.45, 7) is 3.94. The zero-order chi connectivity index (χ0) is 12.8. The van der Waals surface area contributed by atoms with Gasteiger partial charge in [-0.15, -0.1) is 0 Å². The molecule has 1 aromatic carbocycles. The molecule has 1 rings (SSSR count). The number of esters is 1. The van der Waals surface area contributed by atoms with Crippen molar-refractivity contribution in [3.63, 3.8) is 0 Å². The number of aliphatic hydroxyl groups is 1. The van der Waals surface area contributed by atoms with Crippen LogP contribution in [0.1, 0.15) is 24.2 Å². The molecule has 92 valence electrons. The van der Waals surface area contributed by atoms with Crippen molar-refractivity contribution in [1.82, 2.24) is 0 Å². The first-order chi connectivity index (χ1) is 8.11. The van der Waals surface area contributed by atoms with Gasteiger partial charge in [-0.1, -0.05) is 46.9 Å². The number of aliphatic hydroxyl groups excluding tert-OH is 1. The van der Waals surface area contributed by atoms with E-state index in [4.69, 9.17) is 4.74 Å². The largest absolute Gasteiger partial charge is 0.463 e. The average Bonchev–Trinajstić information content (AvgIpc) is 2.30. The second-order valence-corrected chi connectivity index (χ2v) is 4.17. The number of aryl methyl sites for hydroxylation is 1. The first-order valence-corrected chi connectivity index (χ1v) is 6.57. The maximum atomic E-state index is 11.6. The molecule has 0 heterocycles. The Morgan fingerprint density at radius 3 is 2.71 bits per heavy atom. The zero-order valence-electron chi connectivity index (χ0n) is 9.81. The van der Waals surface area contributed by atoms with E-state index >= 15 is 0 Å². The van der Waals surface area contributed by atoms with E-state index in [1.807, 2.05) is 47.7 Å². The second-order valence-electron chi connectivity index (χ2n) is 3.54. The van der Waals surface area contributed by atoms with Gasteiger partial charge in [0, 0.05) is 0 Å². The second kappa shape index (κ2) is 6.76. The van der Waals surface area contributed by atoms with Gasteiger partial charge in [0.15, 0.2) is 0 Å².